The number of ketones is 1. The quantitative estimate of drug-likeness (QED) is 0.345. The van der Waals surface area contributed by atoms with Gasteiger partial charge in [-0.2, -0.15) is 0 Å². The SMILES string of the molecule is O=C1/C(=C/c2ccc(S(=O)(=O)[O-])cc2)Sc2cc(S(=O)(=O)[O-])ccc21.[Na+]. The van der Waals surface area contributed by atoms with Crippen LogP contribution in [0.3, 0.4) is 0 Å². The summed E-state index contributed by atoms with van der Waals surface area (Å²) in [6.07, 6.45) is 1.49. The van der Waals surface area contributed by atoms with Gasteiger partial charge < -0.3 is 9.11 Å². The summed E-state index contributed by atoms with van der Waals surface area (Å²) in [5.74, 6) is -0.338. The van der Waals surface area contributed by atoms with Crippen LogP contribution in [0.1, 0.15) is 15.9 Å². The molecule has 0 fully saturated rings. The van der Waals surface area contributed by atoms with Crippen molar-refractivity contribution in [2.24, 2.45) is 0 Å². The Morgan fingerprint density at radius 2 is 1.38 bits per heavy atom. The molecule has 11 heteroatoms. The van der Waals surface area contributed by atoms with E-state index in [1.165, 1.54) is 24.3 Å². The molecule has 3 rings (SSSR count). The minimum Gasteiger partial charge on any atom is -0.744 e. The number of hydrogen-bond acceptors (Lipinski definition) is 8. The third-order valence-corrected chi connectivity index (χ3v) is 6.16. The van der Waals surface area contributed by atoms with Crippen molar-refractivity contribution in [2.75, 3.05) is 0 Å². The molecule has 1 aliphatic heterocycles. The molecule has 0 saturated carbocycles. The van der Waals surface area contributed by atoms with E-state index in [4.69, 9.17) is 0 Å². The fraction of sp³-hybridized carbons (Fsp3) is 0. The average Bonchev–Trinajstić information content (AvgIpc) is 2.82. The third kappa shape index (κ3) is 4.46. The summed E-state index contributed by atoms with van der Waals surface area (Å²) in [5.41, 5.74) is 0.773. The van der Waals surface area contributed by atoms with Crippen molar-refractivity contribution >= 4 is 43.9 Å². The molecular weight excluding hydrogens is 411 g/mol. The summed E-state index contributed by atoms with van der Waals surface area (Å²) in [4.78, 5) is 12.2. The number of Topliss-reactive ketones (excluding diaryl/α,β-unsaturated/α-hetero) is 1. The van der Waals surface area contributed by atoms with Gasteiger partial charge in [0.1, 0.15) is 20.2 Å². The first-order valence-electron chi connectivity index (χ1n) is 6.66. The Morgan fingerprint density at radius 1 is 0.846 bits per heavy atom. The number of benzene rings is 2. The minimum atomic E-state index is -4.62. The summed E-state index contributed by atoms with van der Waals surface area (Å²) >= 11 is 1.01. The Labute approximate surface area is 176 Å². The molecule has 0 N–H and O–H groups in total. The Hall–Kier alpha value is -0.980. The van der Waals surface area contributed by atoms with E-state index < -0.39 is 25.1 Å². The zero-order chi connectivity index (χ0) is 18.4. The summed E-state index contributed by atoms with van der Waals surface area (Å²) in [6.45, 7) is 0. The third-order valence-electron chi connectivity index (χ3n) is 3.40. The average molecular weight is 419 g/mol. The second-order valence-corrected chi connectivity index (χ2v) is 8.92. The molecule has 0 saturated heterocycles. The van der Waals surface area contributed by atoms with Gasteiger partial charge in [0, 0.05) is 10.5 Å². The molecule has 1 heterocycles. The molecule has 0 atom stereocenters. The first kappa shape index (κ1) is 21.3. The summed E-state index contributed by atoms with van der Waals surface area (Å²) in [6, 6.07) is 8.53. The Bertz CT molecular complexity index is 1120. The van der Waals surface area contributed by atoms with Crippen LogP contribution in [-0.4, -0.2) is 31.7 Å². The number of carbonyl (C=O) groups excluding carboxylic acids is 1. The molecule has 26 heavy (non-hydrogen) atoms. The van der Waals surface area contributed by atoms with Gasteiger partial charge >= 0.3 is 29.6 Å². The molecule has 0 radical (unpaired) electrons. The molecule has 130 valence electrons. The number of fused-ring (bicyclic) bond motifs is 1. The standard InChI is InChI=1S/C15H10O7S3.Na/c16-15-12-6-5-11(25(20,21)22)8-13(12)23-14(15)7-9-1-3-10(4-2-9)24(17,18)19;/h1-8H,(H,17,18,19)(H,20,21,22);/q;+1/p-2/b14-7-;. The Balaban J connectivity index is 0.00000243. The van der Waals surface area contributed by atoms with Crippen LogP contribution in [-0.2, 0) is 20.2 Å². The van der Waals surface area contributed by atoms with E-state index in [9.17, 15) is 30.7 Å². The van der Waals surface area contributed by atoms with E-state index in [2.05, 4.69) is 0 Å². The summed E-state index contributed by atoms with van der Waals surface area (Å²) in [5, 5.41) is 0. The molecule has 0 aliphatic carbocycles. The summed E-state index contributed by atoms with van der Waals surface area (Å²) in [7, 11) is -9.17. The second kappa shape index (κ2) is 7.56. The predicted molar refractivity (Wildman–Crippen MR) is 87.0 cm³/mol. The molecule has 1 aliphatic rings. The van der Waals surface area contributed by atoms with E-state index in [-0.39, 0.29) is 50.7 Å². The Morgan fingerprint density at radius 3 is 1.92 bits per heavy atom. The molecule has 0 amide bonds. The van der Waals surface area contributed by atoms with Gasteiger partial charge in [-0.25, -0.2) is 16.8 Å². The van der Waals surface area contributed by atoms with Crippen molar-refractivity contribution in [2.45, 2.75) is 14.7 Å². The number of hydrogen-bond donors (Lipinski definition) is 0. The van der Waals surface area contributed by atoms with Gasteiger partial charge in [0.2, 0.25) is 5.78 Å². The number of carbonyl (C=O) groups is 1. The predicted octanol–water partition coefficient (Wildman–Crippen LogP) is -1.17. The molecule has 0 aromatic heterocycles. The van der Waals surface area contributed by atoms with E-state index in [0.29, 0.717) is 10.5 Å². The molecular formula is C15H8NaO7S3-. The largest absolute Gasteiger partial charge is 1.00 e. The number of allylic oxidation sites excluding steroid dienone is 1. The number of thioether (sulfide) groups is 1. The minimum absolute atomic E-state index is 0. The molecule has 2 aromatic carbocycles. The molecule has 0 spiro atoms. The van der Waals surface area contributed by atoms with Crippen molar-refractivity contribution < 1.29 is 60.3 Å². The Kier molecular flexibility index (Phi) is 6.20. The van der Waals surface area contributed by atoms with Crippen LogP contribution < -0.4 is 29.6 Å². The molecule has 7 nitrogen and oxygen atoms in total. The van der Waals surface area contributed by atoms with Gasteiger partial charge in [0.15, 0.2) is 0 Å². The van der Waals surface area contributed by atoms with Crippen molar-refractivity contribution in [1.82, 2.24) is 0 Å². The van der Waals surface area contributed by atoms with Crippen LogP contribution in [0.2, 0.25) is 0 Å². The van der Waals surface area contributed by atoms with Gasteiger partial charge in [0.25, 0.3) is 0 Å². The van der Waals surface area contributed by atoms with Crippen LogP contribution >= 0.6 is 11.8 Å². The molecule has 0 unspecified atom stereocenters. The number of rotatable bonds is 3. The first-order chi connectivity index (χ1) is 11.6. The maximum Gasteiger partial charge on any atom is 1.00 e. The maximum atomic E-state index is 12.3. The van der Waals surface area contributed by atoms with Gasteiger partial charge in [-0.1, -0.05) is 23.9 Å². The molecule has 0 bridgehead atoms. The molecule has 2 aromatic rings. The van der Waals surface area contributed by atoms with Crippen LogP contribution in [0, 0.1) is 0 Å². The van der Waals surface area contributed by atoms with E-state index in [1.807, 2.05) is 0 Å². The van der Waals surface area contributed by atoms with Gasteiger partial charge in [-0.15, -0.1) is 0 Å². The van der Waals surface area contributed by atoms with E-state index >= 15 is 0 Å². The smallest absolute Gasteiger partial charge is 0.744 e. The summed E-state index contributed by atoms with van der Waals surface area (Å²) < 4.78 is 65.9. The fourth-order valence-corrected chi connectivity index (χ4v) is 4.34. The maximum absolute atomic E-state index is 12.3. The van der Waals surface area contributed by atoms with Crippen molar-refractivity contribution in [1.29, 1.82) is 0 Å². The van der Waals surface area contributed by atoms with Crippen molar-refractivity contribution in [3.63, 3.8) is 0 Å². The van der Waals surface area contributed by atoms with Gasteiger partial charge in [-0.3, -0.25) is 4.79 Å². The topological polar surface area (TPSA) is 131 Å². The zero-order valence-corrected chi connectivity index (χ0v) is 17.7. The van der Waals surface area contributed by atoms with Crippen LogP contribution in [0.5, 0.6) is 0 Å². The normalized spacial score (nSPS) is 15.6. The zero-order valence-electron chi connectivity index (χ0n) is 13.2. The fourth-order valence-electron chi connectivity index (χ4n) is 2.20. The first-order valence-corrected chi connectivity index (χ1v) is 10.3. The second-order valence-electron chi connectivity index (χ2n) is 5.08. The van der Waals surface area contributed by atoms with Gasteiger partial charge in [-0.05, 0) is 42.0 Å². The van der Waals surface area contributed by atoms with Crippen LogP contribution in [0.4, 0.5) is 0 Å². The van der Waals surface area contributed by atoms with E-state index in [1.54, 1.807) is 0 Å². The van der Waals surface area contributed by atoms with E-state index in [0.717, 1.165) is 36.0 Å². The monoisotopic (exact) mass is 419 g/mol. The van der Waals surface area contributed by atoms with Crippen LogP contribution in [0.25, 0.3) is 6.08 Å². The van der Waals surface area contributed by atoms with Crippen molar-refractivity contribution in [3.05, 3.63) is 58.5 Å². The van der Waals surface area contributed by atoms with Gasteiger partial charge in [0.05, 0.1) is 14.7 Å². The van der Waals surface area contributed by atoms with Crippen molar-refractivity contribution in [3.8, 4) is 0 Å². The van der Waals surface area contributed by atoms with Crippen LogP contribution in [0.15, 0.2) is 62.1 Å².